The molecule has 2 aliphatic rings. The van der Waals surface area contributed by atoms with Gasteiger partial charge in [-0.25, -0.2) is 0 Å². The van der Waals surface area contributed by atoms with Gasteiger partial charge in [0, 0.05) is 41.7 Å². The number of nitrogens with zero attached hydrogens (tertiary/aromatic N) is 3. The molecule has 0 spiro atoms. The number of rotatable bonds is 8. The maximum atomic E-state index is 13.3. The monoisotopic (exact) mass is 569 g/mol. The van der Waals surface area contributed by atoms with E-state index < -0.39 is 0 Å². The molecular formula is C30H40BrN3O3. The molecule has 0 unspecified atom stereocenters. The second kappa shape index (κ2) is 12.5. The molecule has 200 valence electrons. The standard InChI is InChI=1S/C30H40BrN3O3/c1-22-6-5-7-23(2)27(22)29(35)33-18-14-30(3,15-19-33)34-16-12-25(13-17-34)28(32-37-21-20-36-4)24-8-10-26(31)11-9-24/h5-11,25H,12-21H2,1-4H3/b32-28+. The van der Waals surface area contributed by atoms with Crippen LogP contribution in [0.4, 0.5) is 0 Å². The van der Waals surface area contributed by atoms with Crippen molar-refractivity contribution in [3.05, 3.63) is 69.2 Å². The fourth-order valence-electron chi connectivity index (χ4n) is 5.73. The zero-order chi connectivity index (χ0) is 26.4. The third-order valence-corrected chi connectivity index (χ3v) is 8.68. The lowest BCUT2D eigenvalue weighted by Gasteiger charge is -2.49. The third-order valence-electron chi connectivity index (χ3n) is 8.15. The van der Waals surface area contributed by atoms with Crippen molar-refractivity contribution in [1.29, 1.82) is 0 Å². The summed E-state index contributed by atoms with van der Waals surface area (Å²) in [6.07, 6.45) is 4.09. The minimum absolute atomic E-state index is 0.117. The highest BCUT2D eigenvalue weighted by Gasteiger charge is 2.39. The van der Waals surface area contributed by atoms with Crippen LogP contribution in [0.25, 0.3) is 0 Å². The Kier molecular flexibility index (Phi) is 9.43. The minimum Gasteiger partial charge on any atom is -0.393 e. The van der Waals surface area contributed by atoms with Gasteiger partial charge in [0.25, 0.3) is 5.91 Å². The van der Waals surface area contributed by atoms with Crippen LogP contribution in [0.3, 0.4) is 0 Å². The topological polar surface area (TPSA) is 54.4 Å². The van der Waals surface area contributed by atoms with E-state index in [0.29, 0.717) is 19.1 Å². The molecule has 0 bridgehead atoms. The highest BCUT2D eigenvalue weighted by Crippen LogP contribution is 2.34. The molecule has 1 amide bonds. The van der Waals surface area contributed by atoms with Crippen molar-refractivity contribution in [2.24, 2.45) is 11.1 Å². The van der Waals surface area contributed by atoms with Crippen molar-refractivity contribution in [1.82, 2.24) is 9.80 Å². The van der Waals surface area contributed by atoms with Crippen molar-refractivity contribution in [3.8, 4) is 0 Å². The Morgan fingerprint density at radius 3 is 2.22 bits per heavy atom. The summed E-state index contributed by atoms with van der Waals surface area (Å²) in [6, 6.07) is 14.4. The predicted octanol–water partition coefficient (Wildman–Crippen LogP) is 5.84. The second-order valence-electron chi connectivity index (χ2n) is 10.6. The third kappa shape index (κ3) is 6.62. The van der Waals surface area contributed by atoms with Crippen molar-refractivity contribution in [2.75, 3.05) is 46.5 Å². The Morgan fingerprint density at radius 2 is 1.62 bits per heavy atom. The highest BCUT2D eigenvalue weighted by atomic mass is 79.9. The van der Waals surface area contributed by atoms with Crippen LogP contribution in [-0.2, 0) is 9.57 Å². The molecular weight excluding hydrogens is 530 g/mol. The fraction of sp³-hybridized carbons (Fsp3) is 0.533. The highest BCUT2D eigenvalue weighted by molar-refractivity contribution is 9.10. The van der Waals surface area contributed by atoms with E-state index in [1.165, 1.54) is 0 Å². The summed E-state index contributed by atoms with van der Waals surface area (Å²) in [4.78, 5) is 23.6. The zero-order valence-electron chi connectivity index (χ0n) is 22.6. The van der Waals surface area contributed by atoms with Gasteiger partial charge in [-0.05, 0) is 88.4 Å². The summed E-state index contributed by atoms with van der Waals surface area (Å²) < 4.78 is 6.17. The molecule has 2 fully saturated rings. The van der Waals surface area contributed by atoms with Crippen molar-refractivity contribution < 1.29 is 14.4 Å². The molecule has 2 aliphatic heterocycles. The number of hydrogen-bond acceptors (Lipinski definition) is 5. The van der Waals surface area contributed by atoms with Gasteiger partial charge >= 0.3 is 0 Å². The molecule has 7 heteroatoms. The molecule has 4 rings (SSSR count). The van der Waals surface area contributed by atoms with Crippen LogP contribution in [-0.4, -0.2) is 73.5 Å². The van der Waals surface area contributed by atoms with E-state index in [1.54, 1.807) is 7.11 Å². The number of likely N-dealkylation sites (tertiary alicyclic amines) is 2. The number of aryl methyl sites for hydroxylation is 2. The molecule has 2 heterocycles. The number of carbonyl (C=O) groups is 1. The van der Waals surface area contributed by atoms with Crippen molar-refractivity contribution in [2.45, 2.75) is 52.0 Å². The van der Waals surface area contributed by atoms with Crippen LogP contribution in [0.2, 0.25) is 0 Å². The normalized spacial score (nSPS) is 19.2. The zero-order valence-corrected chi connectivity index (χ0v) is 24.2. The summed E-state index contributed by atoms with van der Waals surface area (Å²) >= 11 is 3.54. The molecule has 0 aromatic heterocycles. The van der Waals surface area contributed by atoms with E-state index in [9.17, 15) is 4.79 Å². The quantitative estimate of drug-likeness (QED) is 0.227. The number of hydrogen-bond donors (Lipinski definition) is 0. The molecule has 2 aromatic carbocycles. The number of halogens is 1. The van der Waals surface area contributed by atoms with Crippen molar-refractivity contribution in [3.63, 3.8) is 0 Å². The van der Waals surface area contributed by atoms with Crippen LogP contribution in [0.5, 0.6) is 0 Å². The molecule has 0 radical (unpaired) electrons. The smallest absolute Gasteiger partial charge is 0.254 e. The average molecular weight is 571 g/mol. The van der Waals surface area contributed by atoms with E-state index in [0.717, 1.165) is 84.3 Å². The maximum absolute atomic E-state index is 13.3. The van der Waals surface area contributed by atoms with Crippen LogP contribution in [0.1, 0.15) is 59.7 Å². The summed E-state index contributed by atoms with van der Waals surface area (Å²) in [5.41, 5.74) is 5.27. The maximum Gasteiger partial charge on any atom is 0.254 e. The van der Waals surface area contributed by atoms with Gasteiger partial charge in [0.05, 0.1) is 12.3 Å². The number of oxime groups is 1. The van der Waals surface area contributed by atoms with Gasteiger partial charge in [0.15, 0.2) is 0 Å². The lowest BCUT2D eigenvalue weighted by atomic mass is 9.82. The number of piperidine rings is 2. The first kappa shape index (κ1) is 27.8. The van der Waals surface area contributed by atoms with Gasteiger partial charge in [-0.2, -0.15) is 0 Å². The Bertz CT molecular complexity index is 1070. The molecule has 0 aliphatic carbocycles. The first-order valence-corrected chi connectivity index (χ1v) is 14.2. The van der Waals surface area contributed by atoms with Gasteiger partial charge < -0.3 is 14.5 Å². The largest absolute Gasteiger partial charge is 0.393 e. The molecule has 0 saturated carbocycles. The number of methoxy groups -OCH3 is 1. The average Bonchev–Trinajstić information content (AvgIpc) is 2.90. The van der Waals surface area contributed by atoms with Crippen LogP contribution in [0, 0.1) is 19.8 Å². The molecule has 37 heavy (non-hydrogen) atoms. The Balaban J connectivity index is 1.37. The van der Waals surface area contributed by atoms with E-state index in [1.807, 2.05) is 32.0 Å². The van der Waals surface area contributed by atoms with E-state index in [4.69, 9.17) is 9.57 Å². The lowest BCUT2D eigenvalue weighted by Crippen LogP contribution is -2.56. The minimum atomic E-state index is 0.117. The van der Waals surface area contributed by atoms with Gasteiger partial charge in [0.2, 0.25) is 0 Å². The van der Waals surface area contributed by atoms with Gasteiger partial charge in [-0.15, -0.1) is 0 Å². The van der Waals surface area contributed by atoms with Crippen LogP contribution < -0.4 is 0 Å². The molecule has 0 atom stereocenters. The van der Waals surface area contributed by atoms with Gasteiger partial charge in [0.1, 0.15) is 6.61 Å². The SMILES string of the molecule is COCCO/N=C(\c1ccc(Br)cc1)C1CCN(C2(C)CCN(C(=O)c3c(C)cccc3C)CC2)CC1. The van der Waals surface area contributed by atoms with Gasteiger partial charge in [-0.3, -0.25) is 9.69 Å². The summed E-state index contributed by atoms with van der Waals surface area (Å²) in [5.74, 6) is 0.537. The van der Waals surface area contributed by atoms with Crippen LogP contribution >= 0.6 is 15.9 Å². The first-order chi connectivity index (χ1) is 17.8. The number of ether oxygens (including phenoxy) is 1. The van der Waals surface area contributed by atoms with E-state index >= 15 is 0 Å². The van der Waals surface area contributed by atoms with Crippen LogP contribution in [0.15, 0.2) is 52.1 Å². The Labute approximate surface area is 230 Å². The van der Waals surface area contributed by atoms with Crippen molar-refractivity contribution >= 4 is 27.5 Å². The fourth-order valence-corrected chi connectivity index (χ4v) is 5.99. The molecule has 6 nitrogen and oxygen atoms in total. The molecule has 0 N–H and O–H groups in total. The summed E-state index contributed by atoms with van der Waals surface area (Å²) in [7, 11) is 1.67. The molecule has 2 saturated heterocycles. The van der Waals surface area contributed by atoms with Gasteiger partial charge in [-0.1, -0.05) is 51.4 Å². The Hall–Kier alpha value is -2.22. The molecule has 2 aromatic rings. The number of benzene rings is 2. The summed E-state index contributed by atoms with van der Waals surface area (Å²) in [6.45, 7) is 11.1. The lowest BCUT2D eigenvalue weighted by molar-refractivity contribution is 0.0159. The van der Waals surface area contributed by atoms with E-state index in [2.05, 4.69) is 62.1 Å². The number of carbonyl (C=O) groups excluding carboxylic acids is 1. The van der Waals surface area contributed by atoms with E-state index in [-0.39, 0.29) is 11.4 Å². The summed E-state index contributed by atoms with van der Waals surface area (Å²) in [5, 5.41) is 4.57. The second-order valence-corrected chi connectivity index (χ2v) is 11.5. The first-order valence-electron chi connectivity index (χ1n) is 13.4. The predicted molar refractivity (Wildman–Crippen MR) is 152 cm³/mol. The Morgan fingerprint density at radius 1 is 1.00 bits per heavy atom. The number of amides is 1.